The van der Waals surface area contributed by atoms with Crippen LogP contribution in [0.3, 0.4) is 0 Å². The van der Waals surface area contributed by atoms with Crippen LogP contribution in [0.2, 0.25) is 0 Å². The Morgan fingerprint density at radius 3 is 2.55 bits per heavy atom. The number of rotatable bonds is 5. The first-order chi connectivity index (χ1) is 9.40. The first kappa shape index (κ1) is 14.6. The molecule has 0 fully saturated rings. The molecule has 1 aromatic heterocycles. The molecular weight excluding hydrogens is 252 g/mol. The summed E-state index contributed by atoms with van der Waals surface area (Å²) in [7, 11) is 0. The zero-order valence-electron chi connectivity index (χ0n) is 12.6. The van der Waals surface area contributed by atoms with E-state index >= 15 is 0 Å². The summed E-state index contributed by atoms with van der Waals surface area (Å²) >= 11 is 0. The first-order valence-corrected chi connectivity index (χ1v) is 7.13. The lowest BCUT2D eigenvalue weighted by molar-refractivity contribution is 0.0697. The maximum absolute atomic E-state index is 11.1. The number of benzene rings is 1. The highest BCUT2D eigenvalue weighted by Gasteiger charge is 2.15. The van der Waals surface area contributed by atoms with Crippen LogP contribution in [0.1, 0.15) is 56.2 Å². The lowest BCUT2D eigenvalue weighted by Gasteiger charge is -2.12. The number of carboxylic acid groups (broad SMARTS) is 1. The zero-order valence-corrected chi connectivity index (χ0v) is 12.6. The number of fused-ring (bicyclic) bond motifs is 1. The van der Waals surface area contributed by atoms with Crippen LogP contribution in [0, 0.1) is 5.92 Å². The third kappa shape index (κ3) is 2.84. The van der Waals surface area contributed by atoms with Crippen LogP contribution < -0.4 is 0 Å². The summed E-state index contributed by atoms with van der Waals surface area (Å²) in [6.07, 6.45) is 1.09. The van der Waals surface area contributed by atoms with Crippen molar-refractivity contribution >= 4 is 17.0 Å². The molecule has 4 heteroatoms. The monoisotopic (exact) mass is 274 g/mol. The number of aryl methyl sites for hydroxylation is 1. The van der Waals surface area contributed by atoms with Crippen LogP contribution in [0.15, 0.2) is 18.2 Å². The predicted octanol–water partition coefficient (Wildman–Crippen LogP) is 3.90. The summed E-state index contributed by atoms with van der Waals surface area (Å²) in [5.41, 5.74) is 2.10. The molecule has 0 atom stereocenters. The van der Waals surface area contributed by atoms with Crippen LogP contribution in [0.5, 0.6) is 0 Å². The first-order valence-electron chi connectivity index (χ1n) is 7.13. The molecule has 0 saturated heterocycles. The summed E-state index contributed by atoms with van der Waals surface area (Å²) in [6, 6.07) is 5.19. The Morgan fingerprint density at radius 2 is 2.00 bits per heavy atom. The number of hydrogen-bond acceptors (Lipinski definition) is 2. The molecule has 0 aliphatic carbocycles. The van der Waals surface area contributed by atoms with Gasteiger partial charge in [-0.05, 0) is 30.5 Å². The van der Waals surface area contributed by atoms with E-state index in [2.05, 4.69) is 37.2 Å². The fourth-order valence-electron chi connectivity index (χ4n) is 2.34. The number of aromatic carboxylic acids is 1. The largest absolute Gasteiger partial charge is 0.478 e. The van der Waals surface area contributed by atoms with Gasteiger partial charge in [0.25, 0.3) is 0 Å². The van der Waals surface area contributed by atoms with Crippen molar-refractivity contribution in [3.8, 4) is 0 Å². The Hall–Kier alpha value is -1.84. The number of imidazole rings is 1. The van der Waals surface area contributed by atoms with Gasteiger partial charge >= 0.3 is 5.97 Å². The van der Waals surface area contributed by atoms with Gasteiger partial charge in [0, 0.05) is 12.5 Å². The summed E-state index contributed by atoms with van der Waals surface area (Å²) < 4.78 is 2.23. The molecule has 20 heavy (non-hydrogen) atoms. The van der Waals surface area contributed by atoms with Crippen molar-refractivity contribution in [2.45, 2.75) is 46.6 Å². The molecule has 0 bridgehead atoms. The Morgan fingerprint density at radius 1 is 1.30 bits per heavy atom. The Balaban J connectivity index is 2.51. The zero-order chi connectivity index (χ0) is 14.9. The number of nitrogens with zero attached hydrogens (tertiary/aromatic N) is 2. The number of aromatic nitrogens is 2. The molecule has 2 aromatic rings. The third-order valence-corrected chi connectivity index (χ3v) is 3.47. The van der Waals surface area contributed by atoms with E-state index in [1.165, 1.54) is 0 Å². The smallest absolute Gasteiger partial charge is 0.335 e. The molecule has 0 aliphatic heterocycles. The molecule has 0 aliphatic rings. The fourth-order valence-corrected chi connectivity index (χ4v) is 2.34. The van der Waals surface area contributed by atoms with Gasteiger partial charge in [0.2, 0.25) is 0 Å². The van der Waals surface area contributed by atoms with Crippen LogP contribution in [-0.2, 0) is 6.54 Å². The summed E-state index contributed by atoms with van der Waals surface area (Å²) in [5, 5.41) is 9.07. The highest BCUT2D eigenvalue weighted by molar-refractivity contribution is 5.92. The van der Waals surface area contributed by atoms with Gasteiger partial charge in [-0.1, -0.05) is 27.7 Å². The van der Waals surface area contributed by atoms with Crippen molar-refractivity contribution in [2.75, 3.05) is 0 Å². The summed E-state index contributed by atoms with van der Waals surface area (Å²) in [6.45, 7) is 9.57. The standard InChI is InChI=1S/C16H22N2O2/c1-10(2)7-8-18-14-6-5-12(16(19)20)9-13(14)17-15(18)11(3)4/h5-6,9-11H,7-8H2,1-4H3,(H,19,20). The fraction of sp³-hybridized carbons (Fsp3) is 0.500. The quantitative estimate of drug-likeness (QED) is 0.899. The van der Waals surface area contributed by atoms with Gasteiger partial charge in [-0.2, -0.15) is 0 Å². The topological polar surface area (TPSA) is 55.1 Å². The van der Waals surface area contributed by atoms with Crippen molar-refractivity contribution in [2.24, 2.45) is 5.92 Å². The number of hydrogen-bond donors (Lipinski definition) is 1. The van der Waals surface area contributed by atoms with E-state index in [9.17, 15) is 4.79 Å². The molecule has 0 unspecified atom stereocenters. The number of carbonyl (C=O) groups is 1. The summed E-state index contributed by atoms with van der Waals surface area (Å²) in [4.78, 5) is 15.7. The van der Waals surface area contributed by atoms with E-state index in [1.807, 2.05) is 6.07 Å². The van der Waals surface area contributed by atoms with Gasteiger partial charge in [-0.3, -0.25) is 0 Å². The lowest BCUT2D eigenvalue weighted by Crippen LogP contribution is -2.07. The minimum atomic E-state index is -0.908. The minimum absolute atomic E-state index is 0.293. The van der Waals surface area contributed by atoms with E-state index in [0.717, 1.165) is 29.8 Å². The van der Waals surface area contributed by atoms with Crippen molar-refractivity contribution in [3.05, 3.63) is 29.6 Å². The molecule has 2 rings (SSSR count). The SMILES string of the molecule is CC(C)CCn1c(C(C)C)nc2cc(C(=O)O)ccc21. The Labute approximate surface area is 119 Å². The molecule has 1 aromatic carbocycles. The van der Waals surface area contributed by atoms with Crippen molar-refractivity contribution in [1.82, 2.24) is 9.55 Å². The molecule has 0 saturated carbocycles. The molecule has 0 radical (unpaired) electrons. The maximum atomic E-state index is 11.1. The van der Waals surface area contributed by atoms with E-state index in [-0.39, 0.29) is 0 Å². The van der Waals surface area contributed by atoms with Crippen molar-refractivity contribution < 1.29 is 9.90 Å². The Kier molecular flexibility index (Phi) is 4.12. The molecule has 0 amide bonds. The van der Waals surface area contributed by atoms with Gasteiger partial charge in [-0.25, -0.2) is 9.78 Å². The van der Waals surface area contributed by atoms with Gasteiger partial charge in [-0.15, -0.1) is 0 Å². The normalized spacial score (nSPS) is 11.7. The van der Waals surface area contributed by atoms with E-state index in [4.69, 9.17) is 5.11 Å². The predicted molar refractivity (Wildman–Crippen MR) is 80.2 cm³/mol. The van der Waals surface area contributed by atoms with E-state index < -0.39 is 5.97 Å². The van der Waals surface area contributed by atoms with Gasteiger partial charge in [0.1, 0.15) is 5.82 Å². The average molecular weight is 274 g/mol. The highest BCUT2D eigenvalue weighted by atomic mass is 16.4. The van der Waals surface area contributed by atoms with Crippen LogP contribution in [0.25, 0.3) is 11.0 Å². The van der Waals surface area contributed by atoms with Crippen molar-refractivity contribution in [1.29, 1.82) is 0 Å². The molecular formula is C16H22N2O2. The molecule has 1 N–H and O–H groups in total. The van der Waals surface area contributed by atoms with Crippen LogP contribution in [-0.4, -0.2) is 20.6 Å². The number of carboxylic acids is 1. The molecule has 1 heterocycles. The van der Waals surface area contributed by atoms with Crippen LogP contribution >= 0.6 is 0 Å². The Bertz CT molecular complexity index is 627. The van der Waals surface area contributed by atoms with Gasteiger partial charge in [0.15, 0.2) is 0 Å². The maximum Gasteiger partial charge on any atom is 0.335 e. The second-order valence-electron chi connectivity index (χ2n) is 5.97. The second-order valence-corrected chi connectivity index (χ2v) is 5.97. The minimum Gasteiger partial charge on any atom is -0.478 e. The van der Waals surface area contributed by atoms with E-state index in [1.54, 1.807) is 12.1 Å². The molecule has 0 spiro atoms. The van der Waals surface area contributed by atoms with Gasteiger partial charge < -0.3 is 9.67 Å². The van der Waals surface area contributed by atoms with E-state index in [0.29, 0.717) is 17.4 Å². The third-order valence-electron chi connectivity index (χ3n) is 3.47. The molecule has 108 valence electrons. The average Bonchev–Trinajstić information content (AvgIpc) is 2.73. The van der Waals surface area contributed by atoms with Crippen molar-refractivity contribution in [3.63, 3.8) is 0 Å². The lowest BCUT2D eigenvalue weighted by atomic mass is 10.1. The molecule has 4 nitrogen and oxygen atoms in total. The van der Waals surface area contributed by atoms with Crippen LogP contribution in [0.4, 0.5) is 0 Å². The summed E-state index contributed by atoms with van der Waals surface area (Å²) in [5.74, 6) is 1.08. The highest BCUT2D eigenvalue weighted by Crippen LogP contribution is 2.24. The second kappa shape index (κ2) is 5.65. The van der Waals surface area contributed by atoms with Gasteiger partial charge in [0.05, 0.1) is 16.6 Å².